The summed E-state index contributed by atoms with van der Waals surface area (Å²) >= 11 is 0. The Labute approximate surface area is 124 Å². The molecule has 1 fully saturated rings. The molecule has 1 N–H and O–H groups in total. The summed E-state index contributed by atoms with van der Waals surface area (Å²) in [4.78, 5) is 11.5. The van der Waals surface area contributed by atoms with Crippen LogP contribution in [0.15, 0.2) is 0 Å². The summed E-state index contributed by atoms with van der Waals surface area (Å²) in [6, 6.07) is 0. The Morgan fingerprint density at radius 1 is 0.950 bits per heavy atom. The zero-order valence-electron chi connectivity index (χ0n) is 13.1. The van der Waals surface area contributed by atoms with Gasteiger partial charge in [-0.1, -0.05) is 51.9 Å². The van der Waals surface area contributed by atoms with Crippen molar-refractivity contribution in [2.75, 3.05) is 6.61 Å². The normalized spacial score (nSPS) is 29.4. The van der Waals surface area contributed by atoms with Crippen LogP contribution in [0.3, 0.4) is 0 Å². The molecule has 3 heteroatoms. The van der Waals surface area contributed by atoms with Gasteiger partial charge in [-0.3, -0.25) is 4.79 Å². The monoisotopic (exact) mass is 284 g/mol. The quantitative estimate of drug-likeness (QED) is 0.677. The van der Waals surface area contributed by atoms with Crippen LogP contribution in [0.4, 0.5) is 0 Å². The summed E-state index contributed by atoms with van der Waals surface area (Å²) in [5.74, 6) is 0.371. The summed E-state index contributed by atoms with van der Waals surface area (Å²) < 4.78 is 5.25. The van der Waals surface area contributed by atoms with E-state index in [0.717, 1.165) is 38.5 Å². The number of cyclic esters (lactones) is 1. The van der Waals surface area contributed by atoms with E-state index in [1.54, 1.807) is 0 Å². The van der Waals surface area contributed by atoms with Crippen LogP contribution < -0.4 is 0 Å². The molecule has 1 saturated heterocycles. The van der Waals surface area contributed by atoms with Gasteiger partial charge < -0.3 is 9.84 Å². The second-order valence-corrected chi connectivity index (χ2v) is 6.37. The van der Waals surface area contributed by atoms with Crippen LogP contribution in [0.5, 0.6) is 0 Å². The average Bonchev–Trinajstić information content (AvgIpc) is 2.40. The molecule has 20 heavy (non-hydrogen) atoms. The number of hydrogen-bond donors (Lipinski definition) is 1. The van der Waals surface area contributed by atoms with Gasteiger partial charge >= 0.3 is 5.97 Å². The molecule has 0 saturated carbocycles. The zero-order valence-corrected chi connectivity index (χ0v) is 13.1. The minimum atomic E-state index is -0.184. The maximum absolute atomic E-state index is 11.5. The van der Waals surface area contributed by atoms with E-state index in [-0.39, 0.29) is 12.1 Å². The molecule has 0 aromatic heterocycles. The Kier molecular flexibility index (Phi) is 9.73. The Morgan fingerprint density at radius 3 is 2.25 bits per heavy atom. The molecule has 1 rings (SSSR count). The van der Waals surface area contributed by atoms with E-state index in [1.807, 2.05) is 0 Å². The van der Waals surface area contributed by atoms with Crippen molar-refractivity contribution < 1.29 is 14.6 Å². The van der Waals surface area contributed by atoms with Crippen molar-refractivity contribution in [3.8, 4) is 0 Å². The maximum Gasteiger partial charge on any atom is 0.305 e. The number of aliphatic hydroxyl groups excluding tert-OH is 1. The Morgan fingerprint density at radius 2 is 1.55 bits per heavy atom. The number of rotatable bonds is 0. The number of esters is 1. The van der Waals surface area contributed by atoms with Crippen molar-refractivity contribution in [2.45, 2.75) is 90.1 Å². The van der Waals surface area contributed by atoms with E-state index < -0.39 is 0 Å². The molecule has 0 radical (unpaired) electrons. The highest BCUT2D eigenvalue weighted by Gasteiger charge is 2.11. The van der Waals surface area contributed by atoms with Crippen molar-refractivity contribution in [2.24, 2.45) is 5.92 Å². The van der Waals surface area contributed by atoms with Gasteiger partial charge in [-0.05, 0) is 31.6 Å². The predicted molar refractivity (Wildman–Crippen MR) is 81.5 cm³/mol. The topological polar surface area (TPSA) is 46.5 Å². The SMILES string of the molecule is CC1CCOC(=O)CCCCCCCCCCC(O)C1. The molecule has 0 bridgehead atoms. The Balaban J connectivity index is 2.29. The lowest BCUT2D eigenvalue weighted by molar-refractivity contribution is -0.144. The molecule has 1 aliphatic heterocycles. The van der Waals surface area contributed by atoms with Crippen LogP contribution in [0.2, 0.25) is 0 Å². The molecule has 0 aromatic carbocycles. The first-order valence-electron chi connectivity index (χ1n) is 8.52. The molecule has 0 spiro atoms. The minimum Gasteiger partial charge on any atom is -0.466 e. The van der Waals surface area contributed by atoms with Gasteiger partial charge in [0.05, 0.1) is 12.7 Å². The zero-order chi connectivity index (χ0) is 14.6. The third kappa shape index (κ3) is 9.35. The van der Waals surface area contributed by atoms with Crippen LogP contribution >= 0.6 is 0 Å². The molecule has 1 heterocycles. The van der Waals surface area contributed by atoms with E-state index in [1.165, 1.54) is 32.1 Å². The molecule has 2 unspecified atom stereocenters. The molecule has 0 aromatic rings. The number of hydrogen-bond acceptors (Lipinski definition) is 3. The van der Waals surface area contributed by atoms with Crippen molar-refractivity contribution in [1.82, 2.24) is 0 Å². The number of aliphatic hydroxyl groups is 1. The fourth-order valence-electron chi connectivity index (χ4n) is 2.86. The second kappa shape index (κ2) is 11.1. The number of ether oxygens (including phenoxy) is 1. The van der Waals surface area contributed by atoms with E-state index in [4.69, 9.17) is 4.74 Å². The lowest BCUT2D eigenvalue weighted by atomic mass is 9.97. The predicted octanol–water partition coefficient (Wildman–Crippen LogP) is 4.22. The Bertz CT molecular complexity index is 253. The van der Waals surface area contributed by atoms with Crippen LogP contribution in [-0.4, -0.2) is 23.8 Å². The Hall–Kier alpha value is -0.570. The van der Waals surface area contributed by atoms with Gasteiger partial charge in [0.15, 0.2) is 0 Å². The van der Waals surface area contributed by atoms with E-state index >= 15 is 0 Å². The molecule has 0 amide bonds. The first kappa shape index (κ1) is 17.5. The van der Waals surface area contributed by atoms with Gasteiger partial charge in [0, 0.05) is 6.42 Å². The highest BCUT2D eigenvalue weighted by molar-refractivity contribution is 5.69. The summed E-state index contributed by atoms with van der Waals surface area (Å²) in [5.41, 5.74) is 0. The summed E-state index contributed by atoms with van der Waals surface area (Å²) in [6.07, 6.45) is 12.6. The highest BCUT2D eigenvalue weighted by Crippen LogP contribution is 2.17. The van der Waals surface area contributed by atoms with E-state index in [0.29, 0.717) is 18.9 Å². The van der Waals surface area contributed by atoms with Gasteiger partial charge in [0.2, 0.25) is 0 Å². The van der Waals surface area contributed by atoms with Crippen molar-refractivity contribution in [1.29, 1.82) is 0 Å². The van der Waals surface area contributed by atoms with Gasteiger partial charge in [-0.2, -0.15) is 0 Å². The molecule has 2 atom stereocenters. The third-order valence-corrected chi connectivity index (χ3v) is 4.22. The molecule has 0 aliphatic carbocycles. The summed E-state index contributed by atoms with van der Waals surface area (Å²) in [5, 5.41) is 9.98. The maximum atomic E-state index is 11.5. The van der Waals surface area contributed by atoms with Crippen molar-refractivity contribution >= 4 is 5.97 Å². The fourth-order valence-corrected chi connectivity index (χ4v) is 2.86. The standard InChI is InChI=1S/C17H32O3/c1-15-12-13-20-17(19)11-9-7-5-3-2-4-6-8-10-16(18)14-15/h15-16,18H,2-14H2,1H3. The fraction of sp³-hybridized carbons (Fsp3) is 0.941. The summed E-state index contributed by atoms with van der Waals surface area (Å²) in [6.45, 7) is 2.64. The van der Waals surface area contributed by atoms with Gasteiger partial charge in [0.25, 0.3) is 0 Å². The van der Waals surface area contributed by atoms with Crippen LogP contribution in [0.1, 0.15) is 84.0 Å². The molecular weight excluding hydrogens is 252 g/mol. The van der Waals surface area contributed by atoms with Crippen molar-refractivity contribution in [3.05, 3.63) is 0 Å². The highest BCUT2D eigenvalue weighted by atomic mass is 16.5. The van der Waals surface area contributed by atoms with E-state index in [9.17, 15) is 9.90 Å². The smallest absolute Gasteiger partial charge is 0.305 e. The van der Waals surface area contributed by atoms with Crippen LogP contribution in [0, 0.1) is 5.92 Å². The third-order valence-electron chi connectivity index (χ3n) is 4.22. The van der Waals surface area contributed by atoms with Gasteiger partial charge in [-0.15, -0.1) is 0 Å². The minimum absolute atomic E-state index is 0.0536. The second-order valence-electron chi connectivity index (χ2n) is 6.37. The largest absolute Gasteiger partial charge is 0.466 e. The lowest BCUT2D eigenvalue weighted by Crippen LogP contribution is -2.14. The van der Waals surface area contributed by atoms with Gasteiger partial charge in [-0.25, -0.2) is 0 Å². The van der Waals surface area contributed by atoms with Crippen LogP contribution in [-0.2, 0) is 9.53 Å². The molecule has 1 aliphatic rings. The van der Waals surface area contributed by atoms with Gasteiger partial charge in [0.1, 0.15) is 0 Å². The number of carbonyl (C=O) groups excluding carboxylic acids is 1. The lowest BCUT2D eigenvalue weighted by Gasteiger charge is -2.16. The van der Waals surface area contributed by atoms with Crippen LogP contribution in [0.25, 0.3) is 0 Å². The van der Waals surface area contributed by atoms with Crippen molar-refractivity contribution in [3.63, 3.8) is 0 Å². The van der Waals surface area contributed by atoms with E-state index in [2.05, 4.69) is 6.92 Å². The number of carbonyl (C=O) groups is 1. The first-order valence-corrected chi connectivity index (χ1v) is 8.52. The first-order chi connectivity index (χ1) is 9.68. The molecular formula is C17H32O3. The molecule has 3 nitrogen and oxygen atoms in total. The summed E-state index contributed by atoms with van der Waals surface area (Å²) in [7, 11) is 0. The average molecular weight is 284 g/mol. The molecule has 118 valence electrons.